The maximum absolute atomic E-state index is 12.5. The molecule has 0 aliphatic heterocycles. The predicted molar refractivity (Wildman–Crippen MR) is 122 cm³/mol. The number of hydrogen-bond donors (Lipinski definition) is 1. The van der Waals surface area contributed by atoms with Crippen molar-refractivity contribution >= 4 is 39.1 Å². The highest BCUT2D eigenvalue weighted by molar-refractivity contribution is 7.98. The van der Waals surface area contributed by atoms with Crippen LogP contribution in [0, 0.1) is 0 Å². The molecule has 0 fully saturated rings. The second-order valence-electron chi connectivity index (χ2n) is 6.46. The van der Waals surface area contributed by atoms with Gasteiger partial charge in [0.2, 0.25) is 15.9 Å². The van der Waals surface area contributed by atoms with Crippen molar-refractivity contribution in [2.75, 3.05) is 28.7 Å². The van der Waals surface area contributed by atoms with Crippen LogP contribution in [0.25, 0.3) is 0 Å². The van der Waals surface area contributed by atoms with E-state index in [-0.39, 0.29) is 6.54 Å². The number of carbonyl (C=O) groups excluding carboxylic acids is 1. The van der Waals surface area contributed by atoms with Gasteiger partial charge in [0.05, 0.1) is 11.9 Å². The number of thioether (sulfide) groups is 1. The molecule has 0 heterocycles. The van der Waals surface area contributed by atoms with E-state index in [1.165, 1.54) is 11.8 Å². The Labute approximate surface area is 180 Å². The summed E-state index contributed by atoms with van der Waals surface area (Å²) in [5.41, 5.74) is 0.998. The van der Waals surface area contributed by atoms with E-state index in [4.69, 9.17) is 4.74 Å². The Morgan fingerprint density at radius 3 is 2.27 bits per heavy atom. The first-order valence-electron chi connectivity index (χ1n) is 9.10. The summed E-state index contributed by atoms with van der Waals surface area (Å²) in [5.74, 6) is 0.906. The molecular weight excluding hydrogens is 420 g/mol. The summed E-state index contributed by atoms with van der Waals surface area (Å²) >= 11 is 1.50. The molecule has 0 saturated heterocycles. The molecule has 6 nitrogen and oxygen atoms in total. The number of benzene rings is 3. The first-order valence-corrected chi connectivity index (χ1v) is 12.2. The van der Waals surface area contributed by atoms with Crippen LogP contribution in [0.15, 0.2) is 83.8 Å². The van der Waals surface area contributed by atoms with Crippen molar-refractivity contribution in [1.82, 2.24) is 0 Å². The highest BCUT2D eigenvalue weighted by Gasteiger charge is 2.21. The van der Waals surface area contributed by atoms with Crippen molar-refractivity contribution in [3.05, 3.63) is 78.9 Å². The quantitative estimate of drug-likeness (QED) is 0.516. The molecule has 1 amide bonds. The second kappa shape index (κ2) is 9.69. The molecule has 0 aliphatic rings. The van der Waals surface area contributed by atoms with Crippen LogP contribution in [0.5, 0.6) is 11.5 Å². The van der Waals surface area contributed by atoms with Gasteiger partial charge in [-0.05, 0) is 60.9 Å². The molecule has 0 bridgehead atoms. The molecule has 0 aliphatic carbocycles. The van der Waals surface area contributed by atoms with E-state index in [1.807, 2.05) is 42.7 Å². The van der Waals surface area contributed by atoms with Crippen molar-refractivity contribution < 1.29 is 17.9 Å². The summed E-state index contributed by atoms with van der Waals surface area (Å²) in [4.78, 5) is 13.4. The van der Waals surface area contributed by atoms with Gasteiger partial charge in [-0.2, -0.15) is 0 Å². The van der Waals surface area contributed by atoms with Gasteiger partial charge in [0.25, 0.3) is 0 Å². The van der Waals surface area contributed by atoms with Gasteiger partial charge >= 0.3 is 0 Å². The van der Waals surface area contributed by atoms with Gasteiger partial charge in [-0.25, -0.2) is 8.42 Å². The van der Waals surface area contributed by atoms with Crippen molar-refractivity contribution in [1.29, 1.82) is 0 Å². The van der Waals surface area contributed by atoms with Crippen LogP contribution < -0.4 is 14.4 Å². The lowest BCUT2D eigenvalue weighted by atomic mass is 10.3. The van der Waals surface area contributed by atoms with Gasteiger partial charge in [-0.1, -0.05) is 24.3 Å². The number of rotatable bonds is 8. The van der Waals surface area contributed by atoms with Gasteiger partial charge in [0.15, 0.2) is 0 Å². The number of anilines is 2. The van der Waals surface area contributed by atoms with E-state index in [9.17, 15) is 13.2 Å². The Bertz CT molecular complexity index is 1100. The molecule has 1 N–H and O–H groups in total. The number of ether oxygens (including phenoxy) is 1. The zero-order chi connectivity index (χ0) is 21.6. The lowest BCUT2D eigenvalue weighted by molar-refractivity contribution is -0.114. The van der Waals surface area contributed by atoms with Crippen LogP contribution in [0.3, 0.4) is 0 Å². The summed E-state index contributed by atoms with van der Waals surface area (Å²) < 4.78 is 31.3. The zero-order valence-corrected chi connectivity index (χ0v) is 18.2. The van der Waals surface area contributed by atoms with Crippen LogP contribution in [0.2, 0.25) is 0 Å². The van der Waals surface area contributed by atoms with E-state index in [1.54, 1.807) is 42.5 Å². The second-order valence-corrected chi connectivity index (χ2v) is 9.25. The Morgan fingerprint density at radius 2 is 1.63 bits per heavy atom. The zero-order valence-electron chi connectivity index (χ0n) is 16.6. The highest BCUT2D eigenvalue weighted by atomic mass is 32.2. The number of nitrogens with one attached hydrogen (secondary N) is 1. The molecule has 8 heteroatoms. The van der Waals surface area contributed by atoms with Crippen LogP contribution >= 0.6 is 11.8 Å². The van der Waals surface area contributed by atoms with E-state index in [2.05, 4.69) is 5.32 Å². The standard InChI is InChI=1S/C22H22N2O4S2/c1-29-21-10-6-7-18(15-21)24(30(2,26)27)16-22(25)23-17-11-13-20(14-12-17)28-19-8-4-3-5-9-19/h3-15H,16H2,1-2H3,(H,23,25). The molecule has 3 rings (SSSR count). The van der Waals surface area contributed by atoms with E-state index in [0.29, 0.717) is 22.9 Å². The van der Waals surface area contributed by atoms with Gasteiger partial charge in [0.1, 0.15) is 18.0 Å². The van der Waals surface area contributed by atoms with Crippen molar-refractivity contribution in [3.8, 4) is 11.5 Å². The first kappa shape index (κ1) is 21.7. The molecule has 156 valence electrons. The molecule has 0 spiro atoms. The summed E-state index contributed by atoms with van der Waals surface area (Å²) in [6.45, 7) is -0.321. The summed E-state index contributed by atoms with van der Waals surface area (Å²) in [5, 5.41) is 2.73. The molecular formula is C22H22N2O4S2. The minimum absolute atomic E-state index is 0.321. The first-order chi connectivity index (χ1) is 14.3. The number of sulfonamides is 1. The van der Waals surface area contributed by atoms with Crippen molar-refractivity contribution in [2.24, 2.45) is 0 Å². The molecule has 0 aromatic heterocycles. The maximum atomic E-state index is 12.5. The fourth-order valence-corrected chi connectivity index (χ4v) is 4.03. The van der Waals surface area contributed by atoms with E-state index in [0.717, 1.165) is 15.5 Å². The smallest absolute Gasteiger partial charge is 0.245 e. The summed E-state index contributed by atoms with van der Waals surface area (Å²) in [6.07, 6.45) is 2.99. The summed E-state index contributed by atoms with van der Waals surface area (Å²) in [7, 11) is -3.63. The van der Waals surface area contributed by atoms with Crippen LogP contribution in [0.1, 0.15) is 0 Å². The monoisotopic (exact) mass is 442 g/mol. The third-order valence-electron chi connectivity index (χ3n) is 4.15. The Balaban J connectivity index is 1.68. The fourth-order valence-electron chi connectivity index (χ4n) is 2.73. The number of hydrogen-bond acceptors (Lipinski definition) is 5. The molecule has 0 radical (unpaired) electrons. The minimum atomic E-state index is -3.63. The van der Waals surface area contributed by atoms with Gasteiger partial charge < -0.3 is 10.1 Å². The number of amides is 1. The highest BCUT2D eigenvalue weighted by Crippen LogP contribution is 2.25. The predicted octanol–water partition coefficient (Wildman–Crippen LogP) is 4.61. The molecule has 3 aromatic carbocycles. The van der Waals surface area contributed by atoms with Gasteiger partial charge in [-0.15, -0.1) is 11.8 Å². The third kappa shape index (κ3) is 6.01. The lowest BCUT2D eigenvalue weighted by Gasteiger charge is -2.22. The molecule has 0 atom stereocenters. The SMILES string of the molecule is CSc1cccc(N(CC(=O)Nc2ccc(Oc3ccccc3)cc2)S(C)(=O)=O)c1. The fraction of sp³-hybridized carbons (Fsp3) is 0.136. The molecule has 3 aromatic rings. The Morgan fingerprint density at radius 1 is 0.967 bits per heavy atom. The van der Waals surface area contributed by atoms with Crippen LogP contribution in [-0.4, -0.2) is 33.4 Å². The number of nitrogens with zero attached hydrogens (tertiary/aromatic N) is 1. The van der Waals surface area contributed by atoms with E-state index < -0.39 is 15.9 Å². The van der Waals surface area contributed by atoms with Gasteiger partial charge in [0, 0.05) is 10.6 Å². The van der Waals surface area contributed by atoms with E-state index >= 15 is 0 Å². The average Bonchev–Trinajstić information content (AvgIpc) is 2.73. The third-order valence-corrected chi connectivity index (χ3v) is 6.01. The molecule has 30 heavy (non-hydrogen) atoms. The van der Waals surface area contributed by atoms with Crippen LogP contribution in [0.4, 0.5) is 11.4 Å². The van der Waals surface area contributed by atoms with Crippen LogP contribution in [-0.2, 0) is 14.8 Å². The normalized spacial score (nSPS) is 11.0. The minimum Gasteiger partial charge on any atom is -0.457 e. The van der Waals surface area contributed by atoms with Crippen molar-refractivity contribution in [3.63, 3.8) is 0 Å². The molecule has 0 unspecified atom stereocenters. The molecule has 0 saturated carbocycles. The van der Waals surface area contributed by atoms with Crippen molar-refractivity contribution in [2.45, 2.75) is 4.90 Å². The maximum Gasteiger partial charge on any atom is 0.245 e. The van der Waals surface area contributed by atoms with Gasteiger partial charge in [-0.3, -0.25) is 9.10 Å². The number of carbonyl (C=O) groups is 1. The Hall–Kier alpha value is -2.97. The topological polar surface area (TPSA) is 75.7 Å². The lowest BCUT2D eigenvalue weighted by Crippen LogP contribution is -2.37. The summed E-state index contributed by atoms with van der Waals surface area (Å²) in [6, 6.07) is 23.3. The largest absolute Gasteiger partial charge is 0.457 e. The Kier molecular flexibility index (Phi) is 7.02. The average molecular weight is 443 g/mol. The number of para-hydroxylation sites is 1.